The van der Waals surface area contributed by atoms with Crippen LogP contribution in [0.15, 0.2) is 23.8 Å². The van der Waals surface area contributed by atoms with E-state index in [1.807, 2.05) is 0 Å². The number of aliphatic carboxylic acids is 2. The molecule has 0 spiro atoms. The lowest BCUT2D eigenvalue weighted by Gasteiger charge is -2.23. The molecular weight excluding hydrogens is 256 g/mol. The van der Waals surface area contributed by atoms with Crippen LogP contribution in [0.4, 0.5) is 0 Å². The molecule has 2 N–H and O–H groups in total. The van der Waals surface area contributed by atoms with Crippen molar-refractivity contribution in [3.8, 4) is 0 Å². The molecule has 1 saturated carbocycles. The summed E-state index contributed by atoms with van der Waals surface area (Å²) in [7, 11) is 0. The summed E-state index contributed by atoms with van der Waals surface area (Å²) in [6.07, 6.45) is 11.9. The van der Waals surface area contributed by atoms with Crippen LogP contribution in [-0.4, -0.2) is 22.2 Å². The summed E-state index contributed by atoms with van der Waals surface area (Å²) >= 11 is 0. The van der Waals surface area contributed by atoms with Crippen molar-refractivity contribution in [2.45, 2.75) is 52.4 Å². The van der Waals surface area contributed by atoms with E-state index in [4.69, 9.17) is 10.2 Å². The van der Waals surface area contributed by atoms with Gasteiger partial charge < -0.3 is 10.2 Å². The van der Waals surface area contributed by atoms with Crippen LogP contribution in [-0.2, 0) is 9.59 Å². The molecule has 20 heavy (non-hydrogen) atoms. The Morgan fingerprint density at radius 2 is 1.90 bits per heavy atom. The maximum absolute atomic E-state index is 10.8. The van der Waals surface area contributed by atoms with Crippen molar-refractivity contribution < 1.29 is 19.8 Å². The Bertz CT molecular complexity index is 416. The lowest BCUT2D eigenvalue weighted by molar-refractivity contribution is -0.145. The van der Waals surface area contributed by atoms with E-state index in [-0.39, 0.29) is 12.0 Å². The van der Waals surface area contributed by atoms with Crippen molar-refractivity contribution in [2.75, 3.05) is 0 Å². The highest BCUT2D eigenvalue weighted by atomic mass is 16.4. The van der Waals surface area contributed by atoms with E-state index in [0.717, 1.165) is 5.92 Å². The van der Waals surface area contributed by atoms with Gasteiger partial charge in [0.2, 0.25) is 0 Å². The summed E-state index contributed by atoms with van der Waals surface area (Å²) in [5, 5.41) is 17.5. The number of hydrogen-bond donors (Lipinski definition) is 2. The van der Waals surface area contributed by atoms with E-state index >= 15 is 0 Å². The third kappa shape index (κ3) is 4.51. The fourth-order valence-corrected chi connectivity index (χ4v) is 2.60. The first-order chi connectivity index (χ1) is 9.39. The molecule has 1 atom stereocenters. The normalized spacial score (nSPS) is 25.6. The predicted octanol–water partition coefficient (Wildman–Crippen LogP) is 3.63. The van der Waals surface area contributed by atoms with E-state index in [1.54, 1.807) is 0 Å². The van der Waals surface area contributed by atoms with Gasteiger partial charge in [0.25, 0.3) is 0 Å². The minimum Gasteiger partial charge on any atom is -0.481 e. The molecule has 0 saturated heterocycles. The van der Waals surface area contributed by atoms with Gasteiger partial charge in [0, 0.05) is 5.57 Å². The second kappa shape index (κ2) is 7.27. The number of carboxylic acids is 2. The van der Waals surface area contributed by atoms with Crippen LogP contribution in [0.5, 0.6) is 0 Å². The third-order valence-electron chi connectivity index (χ3n) is 4.13. The highest BCUT2D eigenvalue weighted by Crippen LogP contribution is 2.31. The number of carboxylic acid groups (broad SMARTS) is 2. The summed E-state index contributed by atoms with van der Waals surface area (Å²) in [4.78, 5) is 21.3. The first kappa shape index (κ1) is 16.5. The average Bonchev–Trinajstić information content (AvgIpc) is 2.92. The van der Waals surface area contributed by atoms with Crippen molar-refractivity contribution in [3.05, 3.63) is 23.8 Å². The van der Waals surface area contributed by atoms with Gasteiger partial charge in [-0.1, -0.05) is 57.3 Å². The van der Waals surface area contributed by atoms with Crippen LogP contribution in [0.1, 0.15) is 52.4 Å². The molecule has 0 aromatic rings. The molecule has 0 aromatic heterocycles. The maximum Gasteiger partial charge on any atom is 0.331 e. The minimum atomic E-state index is -1.08. The number of hydrogen-bond acceptors (Lipinski definition) is 2. The summed E-state index contributed by atoms with van der Waals surface area (Å²) in [6, 6.07) is 0. The first-order valence-electron chi connectivity index (χ1n) is 7.24. The molecule has 0 aromatic carbocycles. The molecular formula is C16H24O4. The molecule has 2 rings (SSSR count). The molecule has 0 aliphatic heterocycles. The third-order valence-corrected chi connectivity index (χ3v) is 4.13. The largest absolute Gasteiger partial charge is 0.481 e. The Hall–Kier alpha value is -1.58. The molecule has 2 aliphatic rings. The van der Waals surface area contributed by atoms with Gasteiger partial charge in [0.05, 0.1) is 5.41 Å². The monoisotopic (exact) mass is 280 g/mol. The number of rotatable bonds is 3. The van der Waals surface area contributed by atoms with Crippen LogP contribution in [0.3, 0.4) is 0 Å². The van der Waals surface area contributed by atoms with E-state index < -0.39 is 17.4 Å². The SMILES string of the molecule is CC1(C(=O)O)C=CC=C(C(=O)O)C1.CCC1CCCC1. The van der Waals surface area contributed by atoms with E-state index in [2.05, 4.69) is 6.92 Å². The quantitative estimate of drug-likeness (QED) is 0.827. The van der Waals surface area contributed by atoms with Crippen LogP contribution in [0.25, 0.3) is 0 Å². The summed E-state index contributed by atoms with van der Waals surface area (Å²) < 4.78 is 0. The molecule has 2 aliphatic carbocycles. The second-order valence-corrected chi connectivity index (χ2v) is 5.81. The van der Waals surface area contributed by atoms with Crippen molar-refractivity contribution in [1.29, 1.82) is 0 Å². The fraction of sp³-hybridized carbons (Fsp3) is 0.625. The molecule has 0 radical (unpaired) electrons. The van der Waals surface area contributed by atoms with E-state index in [1.165, 1.54) is 57.3 Å². The van der Waals surface area contributed by atoms with Gasteiger partial charge in [-0.25, -0.2) is 4.79 Å². The van der Waals surface area contributed by atoms with Crippen LogP contribution < -0.4 is 0 Å². The molecule has 1 unspecified atom stereocenters. The molecule has 4 nitrogen and oxygen atoms in total. The standard InChI is InChI=1S/C9H10O4.C7H14/c1-9(8(12)13)4-2-3-6(5-9)7(10)11;1-2-7-5-3-4-6-7/h2-4H,5H2,1H3,(H,10,11)(H,12,13);7H,2-6H2,1H3. The van der Waals surface area contributed by atoms with Crippen molar-refractivity contribution in [3.63, 3.8) is 0 Å². The van der Waals surface area contributed by atoms with E-state index in [0.29, 0.717) is 0 Å². The zero-order chi connectivity index (χ0) is 15.2. The molecule has 4 heteroatoms. The lowest BCUT2D eigenvalue weighted by atomic mass is 9.80. The zero-order valence-corrected chi connectivity index (χ0v) is 12.3. The van der Waals surface area contributed by atoms with Gasteiger partial charge >= 0.3 is 11.9 Å². The van der Waals surface area contributed by atoms with Gasteiger partial charge in [-0.3, -0.25) is 4.79 Å². The van der Waals surface area contributed by atoms with Gasteiger partial charge in [-0.05, 0) is 19.3 Å². The summed E-state index contributed by atoms with van der Waals surface area (Å²) in [6.45, 7) is 3.80. The first-order valence-corrected chi connectivity index (χ1v) is 7.24. The average molecular weight is 280 g/mol. The van der Waals surface area contributed by atoms with Crippen LogP contribution in [0, 0.1) is 11.3 Å². The maximum atomic E-state index is 10.8. The molecule has 0 amide bonds. The zero-order valence-electron chi connectivity index (χ0n) is 12.3. The lowest BCUT2D eigenvalue weighted by Crippen LogP contribution is -2.28. The Kier molecular flexibility index (Phi) is 5.99. The highest BCUT2D eigenvalue weighted by molar-refractivity contribution is 5.90. The molecule has 1 fully saturated rings. The Balaban J connectivity index is 0.000000240. The highest BCUT2D eigenvalue weighted by Gasteiger charge is 2.34. The van der Waals surface area contributed by atoms with Crippen molar-refractivity contribution in [2.24, 2.45) is 11.3 Å². The smallest absolute Gasteiger partial charge is 0.331 e. The van der Waals surface area contributed by atoms with Gasteiger partial charge in [-0.2, -0.15) is 0 Å². The van der Waals surface area contributed by atoms with Gasteiger partial charge in [-0.15, -0.1) is 0 Å². The molecule has 112 valence electrons. The van der Waals surface area contributed by atoms with Crippen molar-refractivity contribution >= 4 is 11.9 Å². The minimum absolute atomic E-state index is 0.0359. The number of allylic oxidation sites excluding steroid dienone is 2. The van der Waals surface area contributed by atoms with Gasteiger partial charge in [0.1, 0.15) is 0 Å². The van der Waals surface area contributed by atoms with Gasteiger partial charge in [0.15, 0.2) is 0 Å². The number of carbonyl (C=O) groups is 2. The molecule has 0 heterocycles. The fourth-order valence-electron chi connectivity index (χ4n) is 2.60. The predicted molar refractivity (Wildman–Crippen MR) is 77.5 cm³/mol. The second-order valence-electron chi connectivity index (χ2n) is 5.81. The van der Waals surface area contributed by atoms with Crippen LogP contribution in [0.2, 0.25) is 0 Å². The Morgan fingerprint density at radius 3 is 2.30 bits per heavy atom. The van der Waals surface area contributed by atoms with E-state index in [9.17, 15) is 9.59 Å². The Labute approximate surface area is 120 Å². The summed E-state index contributed by atoms with van der Waals surface area (Å²) in [5.74, 6) is -0.965. The van der Waals surface area contributed by atoms with Crippen molar-refractivity contribution in [1.82, 2.24) is 0 Å². The molecule has 0 bridgehead atoms. The topological polar surface area (TPSA) is 74.6 Å². The van der Waals surface area contributed by atoms with Crippen LogP contribution >= 0.6 is 0 Å². The summed E-state index contributed by atoms with van der Waals surface area (Å²) in [5.41, 5.74) is -0.949. The Morgan fingerprint density at radius 1 is 1.30 bits per heavy atom.